The molecule has 0 aliphatic rings. The molecule has 66 valence electrons. The van der Waals surface area contributed by atoms with Gasteiger partial charge in [0.05, 0.1) is 3.79 Å². The van der Waals surface area contributed by atoms with Gasteiger partial charge < -0.3 is 5.11 Å². The molecule has 4 heteroatoms. The van der Waals surface area contributed by atoms with E-state index in [0.29, 0.717) is 4.88 Å². The van der Waals surface area contributed by atoms with Crippen LogP contribution in [0.4, 0.5) is 0 Å². The van der Waals surface area contributed by atoms with Crippen molar-refractivity contribution in [3.8, 4) is 0 Å². The zero-order valence-corrected chi connectivity index (χ0v) is 9.04. The van der Waals surface area contributed by atoms with E-state index in [-0.39, 0.29) is 0 Å². The minimum Gasteiger partial charge on any atom is -0.477 e. The first-order chi connectivity index (χ1) is 5.65. The molecule has 0 saturated carbocycles. The number of carbonyl (C=O) groups is 1. The monoisotopic (exact) mass is 248 g/mol. The van der Waals surface area contributed by atoms with E-state index in [4.69, 9.17) is 5.11 Å². The van der Waals surface area contributed by atoms with Crippen LogP contribution in [-0.4, -0.2) is 11.1 Å². The van der Waals surface area contributed by atoms with E-state index in [1.165, 1.54) is 11.3 Å². The maximum atomic E-state index is 10.7. The first-order valence-electron chi connectivity index (χ1n) is 3.66. The molecule has 1 rings (SSSR count). The van der Waals surface area contributed by atoms with Crippen LogP contribution in [-0.2, 0) is 6.42 Å². The molecule has 0 aliphatic carbocycles. The largest absolute Gasteiger partial charge is 0.477 e. The molecule has 0 saturated heterocycles. The first kappa shape index (κ1) is 9.74. The summed E-state index contributed by atoms with van der Waals surface area (Å²) in [4.78, 5) is 11.2. The Labute approximate surface area is 83.4 Å². The number of halogens is 1. The second-order valence-electron chi connectivity index (χ2n) is 2.46. The van der Waals surface area contributed by atoms with E-state index in [0.717, 1.165) is 22.2 Å². The second-order valence-corrected chi connectivity index (χ2v) is 4.89. The van der Waals surface area contributed by atoms with Crippen molar-refractivity contribution in [3.63, 3.8) is 0 Å². The van der Waals surface area contributed by atoms with Gasteiger partial charge in [-0.1, -0.05) is 13.3 Å². The van der Waals surface area contributed by atoms with Crippen molar-refractivity contribution < 1.29 is 9.90 Å². The van der Waals surface area contributed by atoms with Crippen LogP contribution < -0.4 is 0 Å². The van der Waals surface area contributed by atoms with Crippen LogP contribution >= 0.6 is 27.3 Å². The minimum atomic E-state index is -0.825. The SMILES string of the molecule is CCCc1cc(Br)sc1C(=O)O. The van der Waals surface area contributed by atoms with Gasteiger partial charge in [-0.25, -0.2) is 4.79 Å². The third-order valence-electron chi connectivity index (χ3n) is 1.49. The molecule has 1 N–H and O–H groups in total. The third kappa shape index (κ3) is 2.08. The van der Waals surface area contributed by atoms with Crippen LogP contribution in [0.1, 0.15) is 28.6 Å². The highest BCUT2D eigenvalue weighted by Crippen LogP contribution is 2.27. The summed E-state index contributed by atoms with van der Waals surface area (Å²) >= 11 is 4.56. The van der Waals surface area contributed by atoms with Crippen molar-refractivity contribution in [3.05, 3.63) is 20.3 Å². The summed E-state index contributed by atoms with van der Waals surface area (Å²) in [6.07, 6.45) is 1.81. The van der Waals surface area contributed by atoms with E-state index >= 15 is 0 Å². The van der Waals surface area contributed by atoms with Gasteiger partial charge in [-0.05, 0) is 34.0 Å². The number of aryl methyl sites for hydroxylation is 1. The lowest BCUT2D eigenvalue weighted by atomic mass is 10.1. The third-order valence-corrected chi connectivity index (χ3v) is 3.16. The Bertz CT molecular complexity index is 293. The Kier molecular flexibility index (Phi) is 3.29. The van der Waals surface area contributed by atoms with Crippen molar-refractivity contribution in [1.82, 2.24) is 0 Å². The molecule has 1 aromatic rings. The Morgan fingerprint density at radius 3 is 2.92 bits per heavy atom. The van der Waals surface area contributed by atoms with Crippen LogP contribution in [0.2, 0.25) is 0 Å². The van der Waals surface area contributed by atoms with Crippen molar-refractivity contribution >= 4 is 33.2 Å². The quantitative estimate of drug-likeness (QED) is 0.893. The molecule has 2 nitrogen and oxygen atoms in total. The van der Waals surface area contributed by atoms with Gasteiger partial charge in [-0.3, -0.25) is 0 Å². The Morgan fingerprint density at radius 1 is 1.75 bits per heavy atom. The molecule has 12 heavy (non-hydrogen) atoms. The van der Waals surface area contributed by atoms with E-state index < -0.39 is 5.97 Å². The van der Waals surface area contributed by atoms with Gasteiger partial charge in [0.15, 0.2) is 0 Å². The van der Waals surface area contributed by atoms with Crippen molar-refractivity contribution in [1.29, 1.82) is 0 Å². The summed E-state index contributed by atoms with van der Waals surface area (Å²) in [5.41, 5.74) is 0.932. The number of aromatic carboxylic acids is 1. The highest BCUT2D eigenvalue weighted by molar-refractivity contribution is 9.11. The summed E-state index contributed by atoms with van der Waals surface area (Å²) in [6, 6.07) is 1.89. The fourth-order valence-corrected chi connectivity index (χ4v) is 2.57. The number of hydrogen-bond donors (Lipinski definition) is 1. The molecule has 0 fully saturated rings. The summed E-state index contributed by atoms with van der Waals surface area (Å²) in [5.74, 6) is -0.825. The van der Waals surface area contributed by atoms with Gasteiger partial charge in [-0.15, -0.1) is 11.3 Å². The van der Waals surface area contributed by atoms with Crippen LogP contribution in [0, 0.1) is 0 Å². The van der Waals surface area contributed by atoms with Gasteiger partial charge in [-0.2, -0.15) is 0 Å². The molecule has 0 spiro atoms. The van der Waals surface area contributed by atoms with E-state index in [9.17, 15) is 4.79 Å². The Hall–Kier alpha value is -0.350. The fraction of sp³-hybridized carbons (Fsp3) is 0.375. The highest BCUT2D eigenvalue weighted by atomic mass is 79.9. The molecular weight excluding hydrogens is 240 g/mol. The molecule has 1 heterocycles. The topological polar surface area (TPSA) is 37.3 Å². The molecule has 0 amide bonds. The molecule has 0 aromatic carbocycles. The van der Waals surface area contributed by atoms with E-state index in [1.807, 2.05) is 13.0 Å². The predicted molar refractivity (Wildman–Crippen MR) is 53.0 cm³/mol. The average molecular weight is 249 g/mol. The maximum Gasteiger partial charge on any atom is 0.346 e. The normalized spacial score (nSPS) is 10.2. The predicted octanol–water partition coefficient (Wildman–Crippen LogP) is 3.16. The molecular formula is C8H9BrO2S. The number of carboxylic acids is 1. The van der Waals surface area contributed by atoms with Crippen molar-refractivity contribution in [2.75, 3.05) is 0 Å². The zero-order chi connectivity index (χ0) is 9.14. The average Bonchev–Trinajstić information content (AvgIpc) is 2.32. The number of thiophene rings is 1. The summed E-state index contributed by atoms with van der Waals surface area (Å²) < 4.78 is 0.892. The molecule has 1 aromatic heterocycles. The first-order valence-corrected chi connectivity index (χ1v) is 5.27. The maximum absolute atomic E-state index is 10.7. The molecule has 0 aliphatic heterocycles. The Morgan fingerprint density at radius 2 is 2.42 bits per heavy atom. The van der Waals surface area contributed by atoms with Gasteiger partial charge in [0, 0.05) is 0 Å². The van der Waals surface area contributed by atoms with Crippen molar-refractivity contribution in [2.45, 2.75) is 19.8 Å². The van der Waals surface area contributed by atoms with Crippen LogP contribution in [0.3, 0.4) is 0 Å². The highest BCUT2D eigenvalue weighted by Gasteiger charge is 2.12. The van der Waals surface area contributed by atoms with Gasteiger partial charge in [0.1, 0.15) is 4.88 Å². The lowest BCUT2D eigenvalue weighted by Crippen LogP contribution is -1.96. The second kappa shape index (κ2) is 4.05. The van der Waals surface area contributed by atoms with Gasteiger partial charge in [0.2, 0.25) is 0 Å². The summed E-state index contributed by atoms with van der Waals surface area (Å²) in [7, 11) is 0. The van der Waals surface area contributed by atoms with Gasteiger partial charge in [0.25, 0.3) is 0 Å². The zero-order valence-electron chi connectivity index (χ0n) is 6.63. The van der Waals surface area contributed by atoms with Crippen molar-refractivity contribution in [2.24, 2.45) is 0 Å². The number of carboxylic acid groups (broad SMARTS) is 1. The molecule has 0 unspecified atom stereocenters. The summed E-state index contributed by atoms with van der Waals surface area (Å²) in [5, 5.41) is 8.80. The van der Waals surface area contributed by atoms with E-state index in [1.54, 1.807) is 0 Å². The van der Waals surface area contributed by atoms with Crippen LogP contribution in [0.5, 0.6) is 0 Å². The lowest BCUT2D eigenvalue weighted by molar-refractivity contribution is 0.0701. The minimum absolute atomic E-state index is 0.462. The van der Waals surface area contributed by atoms with Crippen LogP contribution in [0.15, 0.2) is 9.85 Å². The van der Waals surface area contributed by atoms with Crippen LogP contribution in [0.25, 0.3) is 0 Å². The molecule has 0 radical (unpaired) electrons. The number of rotatable bonds is 3. The molecule has 0 bridgehead atoms. The van der Waals surface area contributed by atoms with Gasteiger partial charge >= 0.3 is 5.97 Å². The summed E-state index contributed by atoms with van der Waals surface area (Å²) in [6.45, 7) is 2.04. The lowest BCUT2D eigenvalue weighted by Gasteiger charge is -1.94. The fourth-order valence-electron chi connectivity index (χ4n) is 1.03. The number of hydrogen-bond acceptors (Lipinski definition) is 2. The van der Waals surface area contributed by atoms with E-state index in [2.05, 4.69) is 15.9 Å². The standard InChI is InChI=1S/C8H9BrO2S/c1-2-3-5-4-6(9)12-7(5)8(10)11/h4H,2-3H2,1H3,(H,10,11). The smallest absolute Gasteiger partial charge is 0.346 e. The Balaban J connectivity index is 2.99. The molecule has 0 atom stereocenters.